The fourth-order valence-electron chi connectivity index (χ4n) is 3.28. The molecule has 0 spiro atoms. The maximum absolute atomic E-state index is 5.56. The molecular formula is C16H23NO. The number of ether oxygens (including phenoxy) is 1. The normalized spacial score (nSPS) is 27.9. The molecule has 2 heteroatoms. The summed E-state index contributed by atoms with van der Waals surface area (Å²) < 4.78 is 5.56. The summed E-state index contributed by atoms with van der Waals surface area (Å²) in [5.41, 5.74) is 2.78. The van der Waals surface area contributed by atoms with Gasteiger partial charge in [-0.2, -0.15) is 0 Å². The molecule has 0 amide bonds. The zero-order valence-electron chi connectivity index (χ0n) is 11.4. The molecule has 1 aromatic rings. The van der Waals surface area contributed by atoms with Crippen LogP contribution in [0.3, 0.4) is 0 Å². The minimum absolute atomic E-state index is 0.450. The Labute approximate surface area is 110 Å². The third-order valence-electron chi connectivity index (χ3n) is 4.39. The van der Waals surface area contributed by atoms with Crippen LogP contribution >= 0.6 is 0 Å². The van der Waals surface area contributed by atoms with E-state index in [2.05, 4.69) is 37.4 Å². The molecule has 3 atom stereocenters. The highest BCUT2D eigenvalue weighted by Gasteiger charge is 2.23. The van der Waals surface area contributed by atoms with Crippen LogP contribution in [0, 0.1) is 5.92 Å². The van der Waals surface area contributed by atoms with Gasteiger partial charge >= 0.3 is 0 Å². The Morgan fingerprint density at radius 1 is 1.33 bits per heavy atom. The lowest BCUT2D eigenvalue weighted by atomic mass is 10.0. The van der Waals surface area contributed by atoms with E-state index >= 15 is 0 Å². The standard InChI is InChI=1S/C16H23NO/c1-11-3-5-15(9-11)17-12(2)13-4-6-16-14(10-13)7-8-18-16/h4,6,10-12,15,17H,3,5,7-9H2,1-2H3. The summed E-state index contributed by atoms with van der Waals surface area (Å²) in [5.74, 6) is 1.98. The summed E-state index contributed by atoms with van der Waals surface area (Å²) in [5, 5.41) is 3.78. The Kier molecular flexibility index (Phi) is 3.29. The van der Waals surface area contributed by atoms with E-state index in [1.165, 1.54) is 30.4 Å². The van der Waals surface area contributed by atoms with Crippen molar-refractivity contribution in [3.8, 4) is 5.75 Å². The quantitative estimate of drug-likeness (QED) is 0.880. The van der Waals surface area contributed by atoms with Crippen molar-refractivity contribution in [2.45, 2.75) is 51.6 Å². The van der Waals surface area contributed by atoms with Gasteiger partial charge in [0.05, 0.1) is 6.61 Å². The van der Waals surface area contributed by atoms with Gasteiger partial charge in [-0.05, 0) is 49.3 Å². The largest absolute Gasteiger partial charge is 0.493 e. The van der Waals surface area contributed by atoms with Crippen molar-refractivity contribution in [3.63, 3.8) is 0 Å². The summed E-state index contributed by atoms with van der Waals surface area (Å²) in [6.07, 6.45) is 5.11. The van der Waals surface area contributed by atoms with Crippen LogP contribution in [0.25, 0.3) is 0 Å². The average molecular weight is 245 g/mol. The Balaban J connectivity index is 1.67. The first-order chi connectivity index (χ1) is 8.72. The van der Waals surface area contributed by atoms with Crippen LogP contribution in [0.15, 0.2) is 18.2 Å². The maximum atomic E-state index is 5.56. The molecule has 2 nitrogen and oxygen atoms in total. The second-order valence-corrected chi connectivity index (χ2v) is 5.97. The van der Waals surface area contributed by atoms with Crippen molar-refractivity contribution in [1.82, 2.24) is 5.32 Å². The topological polar surface area (TPSA) is 21.3 Å². The van der Waals surface area contributed by atoms with E-state index in [1.54, 1.807) is 0 Å². The molecule has 98 valence electrons. The van der Waals surface area contributed by atoms with Gasteiger partial charge in [-0.25, -0.2) is 0 Å². The Hall–Kier alpha value is -1.02. The van der Waals surface area contributed by atoms with E-state index in [0.717, 1.165) is 24.7 Å². The van der Waals surface area contributed by atoms with Gasteiger partial charge in [-0.1, -0.05) is 19.1 Å². The van der Waals surface area contributed by atoms with Crippen molar-refractivity contribution in [3.05, 3.63) is 29.3 Å². The van der Waals surface area contributed by atoms with Gasteiger partial charge in [-0.15, -0.1) is 0 Å². The van der Waals surface area contributed by atoms with Gasteiger partial charge < -0.3 is 10.1 Å². The number of nitrogens with one attached hydrogen (secondary N) is 1. The summed E-state index contributed by atoms with van der Waals surface area (Å²) in [6.45, 7) is 5.49. The molecule has 1 fully saturated rings. The second-order valence-electron chi connectivity index (χ2n) is 5.97. The zero-order chi connectivity index (χ0) is 12.5. The van der Waals surface area contributed by atoms with Crippen molar-refractivity contribution in [2.75, 3.05) is 6.61 Å². The van der Waals surface area contributed by atoms with Gasteiger partial charge in [0.1, 0.15) is 5.75 Å². The zero-order valence-corrected chi connectivity index (χ0v) is 11.4. The predicted molar refractivity (Wildman–Crippen MR) is 74.0 cm³/mol. The molecule has 1 aliphatic heterocycles. The van der Waals surface area contributed by atoms with Gasteiger partial charge in [0.25, 0.3) is 0 Å². The number of benzene rings is 1. The molecule has 3 rings (SSSR count). The molecule has 0 aromatic heterocycles. The Bertz CT molecular complexity index is 429. The first-order valence-electron chi connectivity index (χ1n) is 7.24. The molecule has 0 saturated heterocycles. The summed E-state index contributed by atoms with van der Waals surface area (Å²) in [6, 6.07) is 7.82. The highest BCUT2D eigenvalue weighted by Crippen LogP contribution is 2.30. The molecule has 0 bridgehead atoms. The van der Waals surface area contributed by atoms with Crippen LogP contribution < -0.4 is 10.1 Å². The molecule has 18 heavy (non-hydrogen) atoms. The van der Waals surface area contributed by atoms with Gasteiger partial charge in [0, 0.05) is 18.5 Å². The fraction of sp³-hybridized carbons (Fsp3) is 0.625. The van der Waals surface area contributed by atoms with Gasteiger partial charge in [0.2, 0.25) is 0 Å². The number of fused-ring (bicyclic) bond motifs is 1. The molecule has 1 saturated carbocycles. The lowest BCUT2D eigenvalue weighted by molar-refractivity contribution is 0.356. The van der Waals surface area contributed by atoms with E-state index < -0.39 is 0 Å². The molecule has 1 heterocycles. The first kappa shape index (κ1) is 12.0. The van der Waals surface area contributed by atoms with E-state index in [1.807, 2.05) is 0 Å². The lowest BCUT2D eigenvalue weighted by Crippen LogP contribution is -2.29. The maximum Gasteiger partial charge on any atom is 0.122 e. The van der Waals surface area contributed by atoms with E-state index in [4.69, 9.17) is 4.74 Å². The average Bonchev–Trinajstić information content (AvgIpc) is 2.96. The Morgan fingerprint density at radius 2 is 2.22 bits per heavy atom. The van der Waals surface area contributed by atoms with Crippen LogP contribution in [0.5, 0.6) is 5.75 Å². The SMILES string of the molecule is CC1CCC(NC(C)c2ccc3c(c2)CCO3)C1. The third kappa shape index (κ3) is 2.39. The first-order valence-corrected chi connectivity index (χ1v) is 7.24. The molecule has 3 unspecified atom stereocenters. The smallest absolute Gasteiger partial charge is 0.122 e. The molecule has 1 aromatic carbocycles. The molecule has 1 aliphatic carbocycles. The van der Waals surface area contributed by atoms with E-state index in [0.29, 0.717) is 12.1 Å². The molecular weight excluding hydrogens is 222 g/mol. The van der Waals surface area contributed by atoms with Crippen molar-refractivity contribution in [1.29, 1.82) is 0 Å². The van der Waals surface area contributed by atoms with E-state index in [-0.39, 0.29) is 0 Å². The van der Waals surface area contributed by atoms with Crippen LogP contribution in [-0.4, -0.2) is 12.6 Å². The number of rotatable bonds is 3. The Morgan fingerprint density at radius 3 is 3.00 bits per heavy atom. The van der Waals surface area contributed by atoms with Crippen molar-refractivity contribution < 1.29 is 4.74 Å². The van der Waals surface area contributed by atoms with E-state index in [9.17, 15) is 0 Å². The minimum atomic E-state index is 0.450. The minimum Gasteiger partial charge on any atom is -0.493 e. The van der Waals surface area contributed by atoms with Gasteiger partial charge in [-0.3, -0.25) is 0 Å². The third-order valence-corrected chi connectivity index (χ3v) is 4.39. The summed E-state index contributed by atoms with van der Waals surface area (Å²) in [4.78, 5) is 0. The predicted octanol–water partition coefficient (Wildman–Crippen LogP) is 3.46. The fourth-order valence-corrected chi connectivity index (χ4v) is 3.28. The number of hydrogen-bond acceptors (Lipinski definition) is 2. The highest BCUT2D eigenvalue weighted by molar-refractivity contribution is 5.40. The molecule has 1 N–H and O–H groups in total. The molecule has 2 aliphatic rings. The van der Waals surface area contributed by atoms with Crippen LogP contribution in [0.1, 0.15) is 50.3 Å². The summed E-state index contributed by atoms with van der Waals surface area (Å²) >= 11 is 0. The number of hydrogen-bond donors (Lipinski definition) is 1. The lowest BCUT2D eigenvalue weighted by Gasteiger charge is -2.20. The van der Waals surface area contributed by atoms with Crippen molar-refractivity contribution in [2.24, 2.45) is 5.92 Å². The molecule has 0 radical (unpaired) electrons. The van der Waals surface area contributed by atoms with Crippen LogP contribution in [0.2, 0.25) is 0 Å². The monoisotopic (exact) mass is 245 g/mol. The van der Waals surface area contributed by atoms with Crippen molar-refractivity contribution >= 4 is 0 Å². The second kappa shape index (κ2) is 4.93. The van der Waals surface area contributed by atoms with Crippen LogP contribution in [-0.2, 0) is 6.42 Å². The van der Waals surface area contributed by atoms with Crippen LogP contribution in [0.4, 0.5) is 0 Å². The summed E-state index contributed by atoms with van der Waals surface area (Å²) in [7, 11) is 0. The highest BCUT2D eigenvalue weighted by atomic mass is 16.5. The van der Waals surface area contributed by atoms with Gasteiger partial charge in [0.15, 0.2) is 0 Å².